The number of phenols is 1. The predicted molar refractivity (Wildman–Crippen MR) is 139 cm³/mol. The van der Waals surface area contributed by atoms with Gasteiger partial charge in [-0.1, -0.05) is 48.0 Å². The lowest BCUT2D eigenvalue weighted by molar-refractivity contribution is 0.0962. The number of aromatic hydroxyl groups is 1. The highest BCUT2D eigenvalue weighted by Gasteiger charge is 2.19. The smallest absolute Gasteiger partial charge is 0.259 e. The standard InChI is InChI=1S/C27H23ClN4O3/c1-15-9-11-19(28)14-22(15)30-27(35)21-12-17-6-4-5-7-20(17)24(25(21)33)32-31-23-13-18(26(34)29-3)10-8-16(23)2/h4-14,33H,1-3H3,(H,29,34)(H,30,35). The van der Waals surface area contributed by atoms with E-state index in [1.54, 1.807) is 55.6 Å². The fourth-order valence-electron chi connectivity index (χ4n) is 3.62. The van der Waals surface area contributed by atoms with Crippen molar-refractivity contribution >= 4 is 51.2 Å². The summed E-state index contributed by atoms with van der Waals surface area (Å²) >= 11 is 6.08. The number of hydrogen-bond donors (Lipinski definition) is 3. The van der Waals surface area contributed by atoms with Gasteiger partial charge in [-0.25, -0.2) is 0 Å². The summed E-state index contributed by atoms with van der Waals surface area (Å²) < 4.78 is 0. The zero-order chi connectivity index (χ0) is 25.1. The molecule has 7 nitrogen and oxygen atoms in total. The third-order valence-electron chi connectivity index (χ3n) is 5.64. The number of amides is 2. The van der Waals surface area contributed by atoms with E-state index < -0.39 is 5.91 Å². The molecule has 0 saturated heterocycles. The maximum Gasteiger partial charge on any atom is 0.259 e. The van der Waals surface area contributed by atoms with Crippen LogP contribution in [0.15, 0.2) is 77.0 Å². The van der Waals surface area contributed by atoms with Crippen LogP contribution in [0, 0.1) is 13.8 Å². The summed E-state index contributed by atoms with van der Waals surface area (Å²) in [6.07, 6.45) is 0. The van der Waals surface area contributed by atoms with E-state index in [0.717, 1.165) is 11.1 Å². The van der Waals surface area contributed by atoms with Crippen molar-refractivity contribution in [1.82, 2.24) is 5.32 Å². The largest absolute Gasteiger partial charge is 0.505 e. The molecule has 4 rings (SSSR count). The van der Waals surface area contributed by atoms with Crippen LogP contribution in [0.4, 0.5) is 17.1 Å². The Labute approximate surface area is 207 Å². The third-order valence-corrected chi connectivity index (χ3v) is 5.88. The highest BCUT2D eigenvalue weighted by molar-refractivity contribution is 6.31. The Morgan fingerprint density at radius 1 is 0.886 bits per heavy atom. The van der Waals surface area contributed by atoms with Crippen molar-refractivity contribution in [3.63, 3.8) is 0 Å². The summed E-state index contributed by atoms with van der Waals surface area (Å²) in [5.41, 5.74) is 3.28. The van der Waals surface area contributed by atoms with Crippen molar-refractivity contribution in [2.45, 2.75) is 13.8 Å². The van der Waals surface area contributed by atoms with E-state index in [0.29, 0.717) is 32.7 Å². The van der Waals surface area contributed by atoms with Gasteiger partial charge in [0.05, 0.1) is 11.3 Å². The lowest BCUT2D eigenvalue weighted by Gasteiger charge is -2.13. The number of carbonyl (C=O) groups is 2. The summed E-state index contributed by atoms with van der Waals surface area (Å²) in [6.45, 7) is 3.69. The SMILES string of the molecule is CNC(=O)c1ccc(C)c(N=Nc2c(O)c(C(=O)Nc3cc(Cl)ccc3C)cc3ccccc23)c1. The fraction of sp³-hybridized carbons (Fsp3) is 0.111. The fourth-order valence-corrected chi connectivity index (χ4v) is 3.79. The number of fused-ring (bicyclic) bond motifs is 1. The number of benzene rings is 4. The van der Waals surface area contributed by atoms with E-state index >= 15 is 0 Å². The van der Waals surface area contributed by atoms with Crippen molar-refractivity contribution in [3.8, 4) is 5.75 Å². The van der Waals surface area contributed by atoms with Crippen LogP contribution in [-0.2, 0) is 0 Å². The summed E-state index contributed by atoms with van der Waals surface area (Å²) in [6, 6.07) is 19.1. The van der Waals surface area contributed by atoms with Gasteiger partial charge >= 0.3 is 0 Å². The first kappa shape index (κ1) is 23.9. The molecule has 0 fully saturated rings. The van der Waals surface area contributed by atoms with Gasteiger partial charge in [-0.2, -0.15) is 5.11 Å². The van der Waals surface area contributed by atoms with E-state index in [-0.39, 0.29) is 22.9 Å². The Kier molecular flexibility index (Phi) is 6.80. The second-order valence-corrected chi connectivity index (χ2v) is 8.47. The highest BCUT2D eigenvalue weighted by Crippen LogP contribution is 2.40. The number of phenolic OH excluding ortho intramolecular Hbond substituents is 1. The van der Waals surface area contributed by atoms with Crippen molar-refractivity contribution in [2.24, 2.45) is 10.2 Å². The number of nitrogens with one attached hydrogen (secondary N) is 2. The number of nitrogens with zero attached hydrogens (tertiary/aromatic N) is 2. The van der Waals surface area contributed by atoms with Gasteiger partial charge in [0.2, 0.25) is 0 Å². The van der Waals surface area contributed by atoms with Crippen LogP contribution < -0.4 is 10.6 Å². The van der Waals surface area contributed by atoms with Gasteiger partial charge in [0.15, 0.2) is 5.75 Å². The maximum atomic E-state index is 13.1. The quantitative estimate of drug-likeness (QED) is 0.269. The molecule has 4 aromatic rings. The molecule has 0 bridgehead atoms. The predicted octanol–water partition coefficient (Wildman–Crippen LogP) is 6.84. The van der Waals surface area contributed by atoms with Crippen LogP contribution in [0.2, 0.25) is 5.02 Å². The lowest BCUT2D eigenvalue weighted by atomic mass is 10.0. The monoisotopic (exact) mass is 486 g/mol. The molecule has 0 atom stereocenters. The van der Waals surface area contributed by atoms with Gasteiger partial charge < -0.3 is 15.7 Å². The van der Waals surface area contributed by atoms with Gasteiger partial charge in [0.25, 0.3) is 11.8 Å². The minimum atomic E-state index is -0.507. The number of azo groups is 1. The molecule has 0 aromatic heterocycles. The Morgan fingerprint density at radius 3 is 2.40 bits per heavy atom. The number of anilines is 1. The molecule has 2 amide bonds. The highest BCUT2D eigenvalue weighted by atomic mass is 35.5. The zero-order valence-electron chi connectivity index (χ0n) is 19.4. The molecule has 176 valence electrons. The van der Waals surface area contributed by atoms with Gasteiger partial charge in [-0.15, -0.1) is 5.11 Å². The molecular weight excluding hydrogens is 464 g/mol. The van der Waals surface area contributed by atoms with E-state index in [1.807, 2.05) is 32.0 Å². The summed E-state index contributed by atoms with van der Waals surface area (Å²) in [5.74, 6) is -1.05. The average Bonchev–Trinajstić information content (AvgIpc) is 2.85. The molecule has 0 radical (unpaired) electrons. The Balaban J connectivity index is 1.79. The second kappa shape index (κ2) is 9.95. The Morgan fingerprint density at radius 2 is 1.63 bits per heavy atom. The van der Waals surface area contributed by atoms with Gasteiger partial charge in [0.1, 0.15) is 5.69 Å². The van der Waals surface area contributed by atoms with Crippen LogP contribution in [0.25, 0.3) is 10.8 Å². The molecule has 0 spiro atoms. The van der Waals surface area contributed by atoms with Crippen molar-refractivity contribution in [3.05, 3.63) is 94.0 Å². The number of halogens is 1. The molecule has 0 heterocycles. The normalized spacial score (nSPS) is 11.1. The molecular formula is C27H23ClN4O3. The second-order valence-electron chi connectivity index (χ2n) is 8.04. The van der Waals surface area contributed by atoms with E-state index in [2.05, 4.69) is 20.9 Å². The van der Waals surface area contributed by atoms with Crippen LogP contribution in [0.5, 0.6) is 5.75 Å². The first-order valence-corrected chi connectivity index (χ1v) is 11.2. The molecule has 0 aliphatic heterocycles. The molecule has 0 unspecified atom stereocenters. The first-order chi connectivity index (χ1) is 16.8. The number of carbonyl (C=O) groups excluding carboxylic acids is 2. The Bertz CT molecular complexity index is 1500. The topological polar surface area (TPSA) is 103 Å². The van der Waals surface area contributed by atoms with Crippen LogP contribution in [-0.4, -0.2) is 24.0 Å². The minimum absolute atomic E-state index is 0.0489. The van der Waals surface area contributed by atoms with Crippen LogP contribution in [0.1, 0.15) is 31.8 Å². The Hall–Kier alpha value is -4.23. The zero-order valence-corrected chi connectivity index (χ0v) is 20.1. The van der Waals surface area contributed by atoms with E-state index in [9.17, 15) is 14.7 Å². The molecule has 8 heteroatoms. The van der Waals surface area contributed by atoms with Crippen molar-refractivity contribution < 1.29 is 14.7 Å². The van der Waals surface area contributed by atoms with Crippen molar-refractivity contribution in [1.29, 1.82) is 0 Å². The molecule has 35 heavy (non-hydrogen) atoms. The molecule has 0 aliphatic rings. The molecule has 0 aliphatic carbocycles. The lowest BCUT2D eigenvalue weighted by Crippen LogP contribution is -2.17. The molecule has 3 N–H and O–H groups in total. The van der Waals surface area contributed by atoms with Gasteiger partial charge in [-0.05, 0) is 60.7 Å². The summed E-state index contributed by atoms with van der Waals surface area (Å²) in [7, 11) is 1.55. The molecule has 0 saturated carbocycles. The van der Waals surface area contributed by atoms with Gasteiger partial charge in [0, 0.05) is 28.7 Å². The number of hydrogen-bond acceptors (Lipinski definition) is 5. The molecule has 4 aromatic carbocycles. The number of rotatable bonds is 5. The summed E-state index contributed by atoms with van der Waals surface area (Å²) in [5, 5.41) is 26.9. The first-order valence-electron chi connectivity index (χ1n) is 10.8. The van der Waals surface area contributed by atoms with E-state index in [4.69, 9.17) is 11.6 Å². The van der Waals surface area contributed by atoms with Gasteiger partial charge in [-0.3, -0.25) is 9.59 Å². The van der Waals surface area contributed by atoms with Crippen LogP contribution in [0.3, 0.4) is 0 Å². The summed E-state index contributed by atoms with van der Waals surface area (Å²) in [4.78, 5) is 25.2. The van der Waals surface area contributed by atoms with Crippen molar-refractivity contribution in [2.75, 3.05) is 12.4 Å². The maximum absolute atomic E-state index is 13.1. The average molecular weight is 487 g/mol. The van der Waals surface area contributed by atoms with Crippen LogP contribution >= 0.6 is 11.6 Å². The third kappa shape index (κ3) is 5.00. The number of aryl methyl sites for hydroxylation is 2. The van der Waals surface area contributed by atoms with E-state index in [1.165, 1.54) is 0 Å². The minimum Gasteiger partial charge on any atom is -0.505 e.